The maximum Gasteiger partial charge on any atom is 0.325 e. The summed E-state index contributed by atoms with van der Waals surface area (Å²) in [5.41, 5.74) is 18.0. The van der Waals surface area contributed by atoms with Crippen LogP contribution >= 0.6 is 12.6 Å². The van der Waals surface area contributed by atoms with Gasteiger partial charge in [-0.15, -0.1) is 0 Å². The number of carboxylic acid groups (broad SMARTS) is 1. The van der Waals surface area contributed by atoms with Gasteiger partial charge in [0.2, 0.25) is 17.7 Å². The molecule has 4 atom stereocenters. The molecule has 202 valence electrons. The number of nitrogens with two attached hydrogens (primary N) is 3. The maximum absolute atomic E-state index is 13.3. The van der Waals surface area contributed by atoms with Gasteiger partial charge in [0.15, 0.2) is 5.96 Å². The van der Waals surface area contributed by atoms with Crippen LogP contribution in [0.3, 0.4) is 0 Å². The maximum atomic E-state index is 13.3. The number of para-hydroxylation sites is 1. The Morgan fingerprint density at radius 2 is 1.70 bits per heavy atom. The van der Waals surface area contributed by atoms with Crippen LogP contribution in [0.4, 0.5) is 0 Å². The highest BCUT2D eigenvalue weighted by atomic mass is 32.1. The third-order valence-electron chi connectivity index (χ3n) is 5.57. The number of nitrogens with zero attached hydrogens (tertiary/aromatic N) is 1. The predicted molar refractivity (Wildman–Crippen MR) is 143 cm³/mol. The molecule has 13 nitrogen and oxygen atoms in total. The van der Waals surface area contributed by atoms with E-state index in [-0.39, 0.29) is 31.1 Å². The molecule has 0 aliphatic rings. The van der Waals surface area contributed by atoms with Crippen LogP contribution in [-0.2, 0) is 25.6 Å². The number of aliphatic carboxylic acids is 1. The molecule has 1 aromatic carbocycles. The normalized spacial score (nSPS) is 14.1. The van der Waals surface area contributed by atoms with E-state index >= 15 is 0 Å². The second-order valence-electron chi connectivity index (χ2n) is 8.49. The molecule has 0 fully saturated rings. The standard InChI is InChI=1S/C23H34N8O5S/c1-12(22(35)36)29-21(34)18(9-13-10-28-16-6-3-2-5-14(13)16)31-20(33)17(7-4-8-27-23(25)26)30-19(32)15(24)11-37/h2-3,5-6,10,12,15,17-18,28,37H,4,7-9,11,24H2,1H3,(H,29,34)(H,30,32)(H,31,33)(H,35,36)(H4,25,26,27). The molecular formula is C23H34N8O5S. The van der Waals surface area contributed by atoms with Gasteiger partial charge in [-0.3, -0.25) is 24.2 Å². The Hall–Kier alpha value is -3.78. The van der Waals surface area contributed by atoms with Gasteiger partial charge < -0.3 is 43.2 Å². The van der Waals surface area contributed by atoms with E-state index in [0.717, 1.165) is 16.5 Å². The van der Waals surface area contributed by atoms with Gasteiger partial charge in [-0.25, -0.2) is 0 Å². The van der Waals surface area contributed by atoms with Crippen LogP contribution in [0.15, 0.2) is 35.5 Å². The molecule has 1 aromatic heterocycles. The van der Waals surface area contributed by atoms with Crippen molar-refractivity contribution in [1.29, 1.82) is 0 Å². The molecular weight excluding hydrogens is 500 g/mol. The topological polar surface area (TPSA) is 231 Å². The third-order valence-corrected chi connectivity index (χ3v) is 5.97. The van der Waals surface area contributed by atoms with Crippen molar-refractivity contribution in [2.45, 2.75) is 50.4 Å². The molecule has 0 bridgehead atoms. The van der Waals surface area contributed by atoms with Crippen LogP contribution in [-0.4, -0.2) is 76.2 Å². The van der Waals surface area contributed by atoms with Crippen LogP contribution in [0.1, 0.15) is 25.3 Å². The largest absolute Gasteiger partial charge is 0.480 e. The number of carboxylic acids is 1. The highest BCUT2D eigenvalue weighted by molar-refractivity contribution is 7.80. The van der Waals surface area contributed by atoms with Gasteiger partial charge >= 0.3 is 5.97 Å². The number of carbonyl (C=O) groups excluding carboxylic acids is 3. The highest BCUT2D eigenvalue weighted by Gasteiger charge is 2.29. The fraction of sp³-hybridized carbons (Fsp3) is 0.435. The van der Waals surface area contributed by atoms with Crippen molar-refractivity contribution in [2.24, 2.45) is 22.2 Å². The molecule has 0 aliphatic carbocycles. The number of aromatic nitrogens is 1. The van der Waals surface area contributed by atoms with Gasteiger partial charge in [-0.2, -0.15) is 12.6 Å². The van der Waals surface area contributed by atoms with Gasteiger partial charge in [0.05, 0.1) is 6.04 Å². The Bertz CT molecular complexity index is 1130. The second-order valence-corrected chi connectivity index (χ2v) is 8.86. The summed E-state index contributed by atoms with van der Waals surface area (Å²) in [6, 6.07) is 3.11. The van der Waals surface area contributed by atoms with Crippen LogP contribution < -0.4 is 33.2 Å². The lowest BCUT2D eigenvalue weighted by Gasteiger charge is -2.24. The molecule has 14 heteroatoms. The first-order chi connectivity index (χ1) is 17.5. The zero-order valence-corrected chi connectivity index (χ0v) is 21.3. The summed E-state index contributed by atoms with van der Waals surface area (Å²) in [4.78, 5) is 57.0. The van der Waals surface area contributed by atoms with E-state index in [1.807, 2.05) is 24.3 Å². The number of hydrogen-bond donors (Lipinski definition) is 9. The van der Waals surface area contributed by atoms with Crippen molar-refractivity contribution in [3.8, 4) is 0 Å². The summed E-state index contributed by atoms with van der Waals surface area (Å²) in [5, 5.41) is 17.7. The van der Waals surface area contributed by atoms with Crippen LogP contribution in [0.2, 0.25) is 0 Å². The molecule has 37 heavy (non-hydrogen) atoms. The van der Waals surface area contributed by atoms with Crippen LogP contribution in [0, 0.1) is 0 Å². The minimum Gasteiger partial charge on any atom is -0.480 e. The number of fused-ring (bicyclic) bond motifs is 1. The number of H-pyrrole nitrogens is 1. The minimum atomic E-state index is -1.23. The molecule has 0 aliphatic heterocycles. The fourth-order valence-electron chi connectivity index (χ4n) is 3.51. The van der Waals surface area contributed by atoms with Crippen LogP contribution in [0.25, 0.3) is 10.9 Å². The van der Waals surface area contributed by atoms with Gasteiger partial charge in [0.25, 0.3) is 0 Å². The van der Waals surface area contributed by atoms with Crippen molar-refractivity contribution in [3.63, 3.8) is 0 Å². The lowest BCUT2D eigenvalue weighted by molar-refractivity contribution is -0.141. The number of nitrogens with one attached hydrogen (secondary N) is 4. The van der Waals surface area contributed by atoms with E-state index < -0.39 is 47.9 Å². The monoisotopic (exact) mass is 534 g/mol. The number of carbonyl (C=O) groups is 4. The van der Waals surface area contributed by atoms with Crippen molar-refractivity contribution in [2.75, 3.05) is 12.3 Å². The van der Waals surface area contributed by atoms with Gasteiger partial charge in [-0.1, -0.05) is 18.2 Å². The zero-order chi connectivity index (χ0) is 27.5. The first-order valence-corrected chi connectivity index (χ1v) is 12.3. The average molecular weight is 535 g/mol. The van der Waals surface area contributed by atoms with Gasteiger partial charge in [0, 0.05) is 35.8 Å². The summed E-state index contributed by atoms with van der Waals surface area (Å²) in [6.07, 6.45) is 2.29. The quantitative estimate of drug-likeness (QED) is 0.0602. The smallest absolute Gasteiger partial charge is 0.325 e. The molecule has 0 radical (unpaired) electrons. The van der Waals surface area contributed by atoms with Gasteiger partial charge in [0.1, 0.15) is 18.1 Å². The number of rotatable bonds is 14. The number of thiol groups is 1. The molecule has 2 rings (SSSR count). The second kappa shape index (κ2) is 14.1. The molecule has 0 spiro atoms. The fourth-order valence-corrected chi connectivity index (χ4v) is 3.68. The Labute approximate surface area is 219 Å². The molecule has 1 heterocycles. The number of amides is 3. The minimum absolute atomic E-state index is 0.0623. The number of hydrogen-bond acceptors (Lipinski definition) is 7. The van der Waals surface area contributed by atoms with E-state index in [9.17, 15) is 24.3 Å². The van der Waals surface area contributed by atoms with E-state index in [1.165, 1.54) is 6.92 Å². The predicted octanol–water partition coefficient (Wildman–Crippen LogP) is -1.42. The molecule has 3 amide bonds. The zero-order valence-electron chi connectivity index (χ0n) is 20.4. The molecule has 0 saturated carbocycles. The molecule has 11 N–H and O–H groups in total. The van der Waals surface area contributed by atoms with E-state index in [1.54, 1.807) is 6.20 Å². The summed E-state index contributed by atoms with van der Waals surface area (Å²) < 4.78 is 0. The number of aliphatic imine (C=N–C) groups is 1. The highest BCUT2D eigenvalue weighted by Crippen LogP contribution is 2.19. The van der Waals surface area contributed by atoms with Gasteiger partial charge in [-0.05, 0) is 31.4 Å². The van der Waals surface area contributed by atoms with Crippen molar-refractivity contribution < 1.29 is 24.3 Å². The van der Waals surface area contributed by atoms with Crippen LogP contribution in [0.5, 0.6) is 0 Å². The molecule has 4 unspecified atom stereocenters. The summed E-state index contributed by atoms with van der Waals surface area (Å²) >= 11 is 4.01. The lowest BCUT2D eigenvalue weighted by Crippen LogP contribution is -2.57. The van der Waals surface area contributed by atoms with E-state index in [4.69, 9.17) is 17.2 Å². The van der Waals surface area contributed by atoms with E-state index in [0.29, 0.717) is 6.42 Å². The Balaban J connectivity index is 2.27. The van der Waals surface area contributed by atoms with Crippen molar-refractivity contribution in [3.05, 3.63) is 36.0 Å². The first kappa shape index (κ1) is 29.5. The Morgan fingerprint density at radius 1 is 1.05 bits per heavy atom. The summed E-state index contributed by atoms with van der Waals surface area (Å²) in [5.74, 6) is -3.19. The lowest BCUT2D eigenvalue weighted by atomic mass is 10.0. The van der Waals surface area contributed by atoms with Crippen molar-refractivity contribution in [1.82, 2.24) is 20.9 Å². The third kappa shape index (κ3) is 8.99. The summed E-state index contributed by atoms with van der Waals surface area (Å²) in [6.45, 7) is 1.53. The molecule has 2 aromatic rings. The summed E-state index contributed by atoms with van der Waals surface area (Å²) in [7, 11) is 0. The number of aromatic amines is 1. The molecule has 0 saturated heterocycles. The first-order valence-electron chi connectivity index (χ1n) is 11.6. The number of guanidine groups is 1. The SMILES string of the molecule is CC(NC(=O)C(Cc1c[nH]c2ccccc12)NC(=O)C(CCCN=C(N)N)NC(=O)C(N)CS)C(=O)O. The van der Waals surface area contributed by atoms with Crippen molar-refractivity contribution >= 4 is 53.2 Å². The number of benzene rings is 1. The Morgan fingerprint density at radius 3 is 2.35 bits per heavy atom. The Kier molecular flexibility index (Phi) is 11.2. The average Bonchev–Trinajstić information content (AvgIpc) is 3.27. The van der Waals surface area contributed by atoms with E-state index in [2.05, 4.69) is 38.6 Å².